The lowest BCUT2D eigenvalue weighted by Gasteiger charge is -2.24. The van der Waals surface area contributed by atoms with Crippen molar-refractivity contribution >= 4 is 0 Å². The van der Waals surface area contributed by atoms with Gasteiger partial charge in [-0.3, -0.25) is 0 Å². The van der Waals surface area contributed by atoms with Gasteiger partial charge in [-0.15, -0.1) is 0 Å². The third-order valence-corrected chi connectivity index (χ3v) is 3.29. The summed E-state index contributed by atoms with van der Waals surface area (Å²) in [5.41, 5.74) is -2.51. The first-order valence-electron chi connectivity index (χ1n) is 6.34. The van der Waals surface area contributed by atoms with Gasteiger partial charge in [-0.25, -0.2) is 18.7 Å². The molecule has 3 aromatic rings. The van der Waals surface area contributed by atoms with Crippen LogP contribution in [0.1, 0.15) is 22.5 Å². The molecule has 22 heavy (non-hydrogen) atoms. The van der Waals surface area contributed by atoms with Crippen LogP contribution in [0.2, 0.25) is 0 Å². The highest BCUT2D eigenvalue weighted by molar-refractivity contribution is 5.45. The molecule has 0 aliphatic carbocycles. The van der Waals surface area contributed by atoms with E-state index < -0.39 is 11.5 Å². The minimum Gasteiger partial charge on any atom is -0.465 e. The van der Waals surface area contributed by atoms with E-state index in [9.17, 15) is 4.39 Å². The number of hydrogen-bond donors (Lipinski definition) is 0. The summed E-state index contributed by atoms with van der Waals surface area (Å²) in [7, 11) is 0. The molecule has 0 radical (unpaired) electrons. The first-order chi connectivity index (χ1) is 10.7. The third-order valence-electron chi connectivity index (χ3n) is 3.29. The Morgan fingerprint density at radius 3 is 2.55 bits per heavy atom. The number of benzene rings is 1. The third kappa shape index (κ3) is 2.13. The van der Waals surface area contributed by atoms with Crippen LogP contribution in [-0.2, 0) is 5.67 Å². The van der Waals surface area contributed by atoms with Crippen molar-refractivity contribution in [2.45, 2.75) is 5.67 Å². The SMILES string of the molecule is N#Cc1ccc(C(F)(c2cncnc2)c2ccco2)c(F)c1. The van der Waals surface area contributed by atoms with Crippen LogP contribution in [-0.4, -0.2) is 9.97 Å². The van der Waals surface area contributed by atoms with E-state index in [-0.39, 0.29) is 22.5 Å². The van der Waals surface area contributed by atoms with Crippen molar-refractivity contribution in [1.29, 1.82) is 5.26 Å². The summed E-state index contributed by atoms with van der Waals surface area (Å²) in [6, 6.07) is 8.28. The second-order valence-corrected chi connectivity index (χ2v) is 4.57. The Bertz CT molecular complexity index is 828. The van der Waals surface area contributed by atoms with Crippen LogP contribution in [0.5, 0.6) is 0 Å². The Kier molecular flexibility index (Phi) is 3.39. The van der Waals surface area contributed by atoms with Gasteiger partial charge in [0.2, 0.25) is 5.67 Å². The molecule has 0 saturated carbocycles. The Labute approximate surface area is 124 Å². The Hall–Kier alpha value is -3.07. The zero-order valence-electron chi connectivity index (χ0n) is 11.2. The maximum atomic E-state index is 15.8. The quantitative estimate of drug-likeness (QED) is 0.743. The summed E-state index contributed by atoms with van der Waals surface area (Å²) in [6.45, 7) is 0. The second kappa shape index (κ2) is 5.37. The van der Waals surface area contributed by atoms with Crippen molar-refractivity contribution < 1.29 is 13.2 Å². The predicted molar refractivity (Wildman–Crippen MR) is 72.8 cm³/mol. The van der Waals surface area contributed by atoms with E-state index in [1.165, 1.54) is 49.2 Å². The van der Waals surface area contributed by atoms with E-state index >= 15 is 4.39 Å². The van der Waals surface area contributed by atoms with Gasteiger partial charge in [-0.05, 0) is 24.3 Å². The molecule has 0 N–H and O–H groups in total. The highest BCUT2D eigenvalue weighted by Crippen LogP contribution is 2.41. The van der Waals surface area contributed by atoms with Crippen molar-refractivity contribution in [2.75, 3.05) is 0 Å². The molecule has 2 aromatic heterocycles. The van der Waals surface area contributed by atoms with Crippen molar-refractivity contribution in [1.82, 2.24) is 9.97 Å². The standard InChI is InChI=1S/C16H9F2N3O/c17-14-6-11(7-19)3-4-13(14)16(18,15-2-1-5-22-15)12-8-20-10-21-9-12/h1-6,8-10H. The number of hydrogen-bond acceptors (Lipinski definition) is 4. The number of furan rings is 1. The lowest BCUT2D eigenvalue weighted by atomic mass is 9.86. The van der Waals surface area contributed by atoms with Gasteiger partial charge in [0.1, 0.15) is 12.1 Å². The maximum absolute atomic E-state index is 15.8. The number of nitrogens with zero attached hydrogens (tertiary/aromatic N) is 3. The molecule has 1 atom stereocenters. The highest BCUT2D eigenvalue weighted by Gasteiger charge is 2.42. The van der Waals surface area contributed by atoms with Crippen LogP contribution in [0.25, 0.3) is 0 Å². The van der Waals surface area contributed by atoms with E-state index in [0.717, 1.165) is 6.07 Å². The fourth-order valence-corrected chi connectivity index (χ4v) is 2.25. The van der Waals surface area contributed by atoms with Crippen LogP contribution >= 0.6 is 0 Å². The molecule has 108 valence electrons. The summed E-state index contributed by atoms with van der Waals surface area (Å²) >= 11 is 0. The molecule has 2 heterocycles. The number of alkyl halides is 1. The average molecular weight is 297 g/mol. The zero-order chi connectivity index (χ0) is 15.6. The van der Waals surface area contributed by atoms with Gasteiger partial charge in [0.05, 0.1) is 17.9 Å². The zero-order valence-corrected chi connectivity index (χ0v) is 11.2. The summed E-state index contributed by atoms with van der Waals surface area (Å²) < 4.78 is 35.3. The Morgan fingerprint density at radius 1 is 1.18 bits per heavy atom. The summed E-state index contributed by atoms with van der Waals surface area (Å²) in [4.78, 5) is 7.56. The summed E-state index contributed by atoms with van der Waals surface area (Å²) in [6.07, 6.45) is 5.07. The monoisotopic (exact) mass is 297 g/mol. The van der Waals surface area contributed by atoms with Crippen LogP contribution in [0.15, 0.2) is 59.7 Å². The predicted octanol–water partition coefficient (Wildman–Crippen LogP) is 3.34. The molecular formula is C16H9F2N3O. The lowest BCUT2D eigenvalue weighted by molar-refractivity contribution is 0.223. The maximum Gasteiger partial charge on any atom is 0.223 e. The van der Waals surface area contributed by atoms with Gasteiger partial charge >= 0.3 is 0 Å². The lowest BCUT2D eigenvalue weighted by Crippen LogP contribution is -2.25. The smallest absolute Gasteiger partial charge is 0.223 e. The van der Waals surface area contributed by atoms with Gasteiger partial charge in [-0.2, -0.15) is 5.26 Å². The van der Waals surface area contributed by atoms with Crippen LogP contribution in [0.4, 0.5) is 8.78 Å². The molecule has 0 amide bonds. The first kappa shape index (κ1) is 13.9. The van der Waals surface area contributed by atoms with Crippen molar-refractivity contribution in [3.63, 3.8) is 0 Å². The molecule has 1 unspecified atom stereocenters. The molecule has 0 fully saturated rings. The normalized spacial score (nSPS) is 13.3. The van der Waals surface area contributed by atoms with E-state index in [0.29, 0.717) is 0 Å². The van der Waals surface area contributed by atoms with Crippen molar-refractivity contribution in [3.05, 3.63) is 83.6 Å². The van der Waals surface area contributed by atoms with Gasteiger partial charge in [-0.1, -0.05) is 6.07 Å². The fourth-order valence-electron chi connectivity index (χ4n) is 2.25. The Balaban J connectivity index is 2.26. The van der Waals surface area contributed by atoms with E-state index in [4.69, 9.17) is 9.68 Å². The number of rotatable bonds is 3. The average Bonchev–Trinajstić information content (AvgIpc) is 3.10. The van der Waals surface area contributed by atoms with Crippen molar-refractivity contribution in [2.24, 2.45) is 0 Å². The first-order valence-corrected chi connectivity index (χ1v) is 6.34. The minimum atomic E-state index is -2.39. The molecule has 0 saturated heterocycles. The summed E-state index contributed by atoms with van der Waals surface area (Å²) in [5, 5.41) is 8.81. The highest BCUT2D eigenvalue weighted by atomic mass is 19.1. The number of nitriles is 1. The second-order valence-electron chi connectivity index (χ2n) is 4.57. The molecule has 0 spiro atoms. The number of halogens is 2. The van der Waals surface area contributed by atoms with Gasteiger partial charge < -0.3 is 4.42 Å². The molecular weight excluding hydrogens is 288 g/mol. The topological polar surface area (TPSA) is 62.7 Å². The van der Waals surface area contributed by atoms with E-state index in [1.807, 2.05) is 6.07 Å². The molecule has 6 heteroatoms. The van der Waals surface area contributed by atoms with E-state index in [2.05, 4.69) is 9.97 Å². The minimum absolute atomic E-state index is 0.0357. The molecule has 0 aliphatic heterocycles. The number of aromatic nitrogens is 2. The van der Waals surface area contributed by atoms with Gasteiger partial charge in [0.15, 0.2) is 5.76 Å². The van der Waals surface area contributed by atoms with Crippen LogP contribution < -0.4 is 0 Å². The van der Waals surface area contributed by atoms with Gasteiger partial charge in [0, 0.05) is 23.5 Å². The molecule has 4 nitrogen and oxygen atoms in total. The van der Waals surface area contributed by atoms with Gasteiger partial charge in [0.25, 0.3) is 0 Å². The van der Waals surface area contributed by atoms with Crippen molar-refractivity contribution in [3.8, 4) is 6.07 Å². The van der Waals surface area contributed by atoms with Crippen LogP contribution in [0, 0.1) is 17.1 Å². The summed E-state index contributed by atoms with van der Waals surface area (Å²) in [5.74, 6) is -0.937. The molecule has 1 aromatic carbocycles. The van der Waals surface area contributed by atoms with Crippen LogP contribution in [0.3, 0.4) is 0 Å². The largest absolute Gasteiger partial charge is 0.465 e. The molecule has 3 rings (SSSR count). The fraction of sp³-hybridized carbons (Fsp3) is 0.0625. The molecule has 0 bridgehead atoms. The molecule has 0 aliphatic rings. The Morgan fingerprint density at radius 2 is 1.95 bits per heavy atom. The van der Waals surface area contributed by atoms with E-state index in [1.54, 1.807) is 0 Å².